The van der Waals surface area contributed by atoms with Crippen LogP contribution in [0.25, 0.3) is 0 Å². The fourth-order valence-electron chi connectivity index (χ4n) is 1.91. The van der Waals surface area contributed by atoms with Crippen LogP contribution in [-0.2, 0) is 16.0 Å². The van der Waals surface area contributed by atoms with E-state index in [1.54, 1.807) is 6.07 Å². The molecule has 0 aromatic carbocycles. The lowest BCUT2D eigenvalue weighted by molar-refractivity contribution is -0.148. The molecule has 1 atom stereocenters. The van der Waals surface area contributed by atoms with Gasteiger partial charge in [-0.1, -0.05) is 5.16 Å². The van der Waals surface area contributed by atoms with E-state index in [1.807, 2.05) is 0 Å². The van der Waals surface area contributed by atoms with Crippen molar-refractivity contribution >= 4 is 11.9 Å². The van der Waals surface area contributed by atoms with Gasteiger partial charge in [-0.2, -0.15) is 0 Å². The fraction of sp³-hybridized carbons (Fsp3) is 0.500. The van der Waals surface area contributed by atoms with Crippen LogP contribution in [0.2, 0.25) is 0 Å². The normalized spacial score (nSPS) is 20.0. The Morgan fingerprint density at radius 2 is 2.44 bits per heavy atom. The molecule has 1 N–H and O–H groups in total. The van der Waals surface area contributed by atoms with Gasteiger partial charge in [0.25, 0.3) is 0 Å². The number of aliphatic carboxylic acids is 1. The van der Waals surface area contributed by atoms with Crippen molar-refractivity contribution in [2.75, 3.05) is 6.54 Å². The number of aromatic nitrogens is 1. The zero-order valence-corrected chi connectivity index (χ0v) is 8.63. The standard InChI is InChI=1S/C10H12N2O4/c13-9(6-7-3-5-16-11-7)12-4-1-2-8(12)10(14)15/h3,5,8H,1-2,4,6H2,(H,14,15)/t8-/m1/s1. The summed E-state index contributed by atoms with van der Waals surface area (Å²) in [5.41, 5.74) is 0.529. The number of likely N-dealkylation sites (tertiary alicyclic amines) is 1. The quantitative estimate of drug-likeness (QED) is 0.797. The second-order valence-corrected chi connectivity index (χ2v) is 3.75. The lowest BCUT2D eigenvalue weighted by Gasteiger charge is -2.20. The van der Waals surface area contributed by atoms with Crippen molar-refractivity contribution in [1.29, 1.82) is 0 Å². The minimum atomic E-state index is -0.939. The summed E-state index contributed by atoms with van der Waals surface area (Å²) in [6.07, 6.45) is 2.75. The van der Waals surface area contributed by atoms with Crippen LogP contribution in [0.1, 0.15) is 18.5 Å². The van der Waals surface area contributed by atoms with Crippen molar-refractivity contribution in [2.24, 2.45) is 0 Å². The molecule has 16 heavy (non-hydrogen) atoms. The van der Waals surface area contributed by atoms with E-state index in [1.165, 1.54) is 11.2 Å². The topological polar surface area (TPSA) is 83.6 Å². The molecule has 6 heteroatoms. The van der Waals surface area contributed by atoms with Crippen molar-refractivity contribution in [2.45, 2.75) is 25.3 Å². The average Bonchev–Trinajstić information content (AvgIpc) is 2.86. The minimum Gasteiger partial charge on any atom is -0.480 e. The molecular weight excluding hydrogens is 212 g/mol. The second kappa shape index (κ2) is 4.34. The van der Waals surface area contributed by atoms with Gasteiger partial charge in [0.05, 0.1) is 12.1 Å². The van der Waals surface area contributed by atoms with Crippen LogP contribution in [0.3, 0.4) is 0 Å². The van der Waals surface area contributed by atoms with Gasteiger partial charge in [-0.25, -0.2) is 4.79 Å². The second-order valence-electron chi connectivity index (χ2n) is 3.75. The minimum absolute atomic E-state index is 0.0975. The Kier molecular flexibility index (Phi) is 2.89. The largest absolute Gasteiger partial charge is 0.480 e. The van der Waals surface area contributed by atoms with E-state index in [2.05, 4.69) is 9.68 Å². The summed E-state index contributed by atoms with van der Waals surface area (Å²) in [5.74, 6) is -1.15. The Morgan fingerprint density at radius 3 is 3.06 bits per heavy atom. The molecule has 1 fully saturated rings. The summed E-state index contributed by atoms with van der Waals surface area (Å²) in [4.78, 5) is 24.1. The first-order chi connectivity index (χ1) is 7.68. The number of carbonyl (C=O) groups excluding carboxylic acids is 1. The third-order valence-corrected chi connectivity index (χ3v) is 2.68. The summed E-state index contributed by atoms with van der Waals surface area (Å²) >= 11 is 0. The van der Waals surface area contributed by atoms with Crippen LogP contribution in [0.15, 0.2) is 16.9 Å². The number of carbonyl (C=O) groups is 2. The molecule has 1 amide bonds. The van der Waals surface area contributed by atoms with E-state index in [0.29, 0.717) is 18.7 Å². The highest BCUT2D eigenvalue weighted by molar-refractivity contribution is 5.85. The molecule has 0 aliphatic carbocycles. The van der Waals surface area contributed by atoms with E-state index in [0.717, 1.165) is 6.42 Å². The molecule has 86 valence electrons. The predicted octanol–water partition coefficient (Wildman–Crippen LogP) is 0.293. The number of carboxylic acid groups (broad SMARTS) is 1. The first-order valence-electron chi connectivity index (χ1n) is 5.10. The number of amides is 1. The summed E-state index contributed by atoms with van der Waals surface area (Å²) in [7, 11) is 0. The molecule has 6 nitrogen and oxygen atoms in total. The average molecular weight is 224 g/mol. The van der Waals surface area contributed by atoms with Gasteiger partial charge in [0.2, 0.25) is 5.91 Å². The molecule has 1 aromatic heterocycles. The Labute approximate surface area is 91.8 Å². The van der Waals surface area contributed by atoms with Crippen LogP contribution in [0.5, 0.6) is 0 Å². The lowest BCUT2D eigenvalue weighted by atomic mass is 10.2. The molecule has 0 saturated carbocycles. The van der Waals surface area contributed by atoms with E-state index >= 15 is 0 Å². The molecule has 0 spiro atoms. The van der Waals surface area contributed by atoms with Gasteiger partial charge in [-0.15, -0.1) is 0 Å². The van der Waals surface area contributed by atoms with E-state index in [4.69, 9.17) is 5.11 Å². The highest BCUT2D eigenvalue weighted by atomic mass is 16.5. The third kappa shape index (κ3) is 2.05. The zero-order chi connectivity index (χ0) is 11.5. The van der Waals surface area contributed by atoms with Gasteiger partial charge < -0.3 is 14.5 Å². The Bertz CT molecular complexity index is 388. The third-order valence-electron chi connectivity index (χ3n) is 2.68. The lowest BCUT2D eigenvalue weighted by Crippen LogP contribution is -2.41. The Hall–Kier alpha value is -1.85. The molecule has 0 radical (unpaired) electrons. The molecule has 1 aromatic rings. The van der Waals surface area contributed by atoms with Crippen LogP contribution >= 0.6 is 0 Å². The number of hydrogen-bond acceptors (Lipinski definition) is 4. The van der Waals surface area contributed by atoms with Gasteiger partial charge in [-0.3, -0.25) is 4.79 Å². The van der Waals surface area contributed by atoms with Crippen molar-refractivity contribution in [3.63, 3.8) is 0 Å². The summed E-state index contributed by atoms with van der Waals surface area (Å²) in [6.45, 7) is 0.508. The molecule has 1 saturated heterocycles. The van der Waals surface area contributed by atoms with Gasteiger partial charge in [0.1, 0.15) is 12.3 Å². The van der Waals surface area contributed by atoms with Crippen LogP contribution in [-0.4, -0.2) is 39.6 Å². The van der Waals surface area contributed by atoms with E-state index < -0.39 is 12.0 Å². The van der Waals surface area contributed by atoms with Gasteiger partial charge >= 0.3 is 5.97 Å². The summed E-state index contributed by atoms with van der Waals surface area (Å²) < 4.78 is 4.62. The van der Waals surface area contributed by atoms with Gasteiger partial charge in [0, 0.05) is 12.6 Å². The molecular formula is C10H12N2O4. The maximum atomic E-state index is 11.8. The number of rotatable bonds is 3. The van der Waals surface area contributed by atoms with Gasteiger partial charge in [0.15, 0.2) is 0 Å². The molecule has 1 aliphatic rings. The maximum Gasteiger partial charge on any atom is 0.326 e. The molecule has 2 rings (SSSR count). The number of hydrogen-bond donors (Lipinski definition) is 1. The zero-order valence-electron chi connectivity index (χ0n) is 8.63. The Balaban J connectivity index is 2.01. The van der Waals surface area contributed by atoms with Crippen molar-refractivity contribution in [3.05, 3.63) is 18.0 Å². The SMILES string of the molecule is O=C(O)[C@H]1CCCN1C(=O)Cc1ccon1. The summed E-state index contributed by atoms with van der Waals surface area (Å²) in [6, 6.07) is 0.920. The highest BCUT2D eigenvalue weighted by Gasteiger charge is 2.33. The molecule has 0 unspecified atom stereocenters. The first kappa shape index (κ1) is 10.7. The molecule has 2 heterocycles. The van der Waals surface area contributed by atoms with E-state index in [-0.39, 0.29) is 12.3 Å². The van der Waals surface area contributed by atoms with Gasteiger partial charge in [-0.05, 0) is 12.8 Å². The van der Waals surface area contributed by atoms with Crippen LogP contribution in [0, 0.1) is 0 Å². The molecule has 0 bridgehead atoms. The van der Waals surface area contributed by atoms with Crippen molar-refractivity contribution in [3.8, 4) is 0 Å². The summed E-state index contributed by atoms with van der Waals surface area (Å²) in [5, 5.41) is 12.6. The van der Waals surface area contributed by atoms with Crippen LogP contribution < -0.4 is 0 Å². The fourth-order valence-corrected chi connectivity index (χ4v) is 1.91. The van der Waals surface area contributed by atoms with Crippen molar-refractivity contribution in [1.82, 2.24) is 10.1 Å². The Morgan fingerprint density at radius 1 is 1.62 bits per heavy atom. The van der Waals surface area contributed by atoms with E-state index in [9.17, 15) is 9.59 Å². The maximum absolute atomic E-state index is 11.8. The monoisotopic (exact) mass is 224 g/mol. The first-order valence-corrected chi connectivity index (χ1v) is 5.10. The highest BCUT2D eigenvalue weighted by Crippen LogP contribution is 2.18. The number of carboxylic acids is 1. The predicted molar refractivity (Wildman–Crippen MR) is 52.6 cm³/mol. The smallest absolute Gasteiger partial charge is 0.326 e. The van der Waals surface area contributed by atoms with Crippen molar-refractivity contribution < 1.29 is 19.2 Å². The molecule has 1 aliphatic heterocycles. The number of nitrogens with zero attached hydrogens (tertiary/aromatic N) is 2. The van der Waals surface area contributed by atoms with Crippen LogP contribution in [0.4, 0.5) is 0 Å².